The van der Waals surface area contributed by atoms with Crippen LogP contribution in [0.1, 0.15) is 20.8 Å². The van der Waals surface area contributed by atoms with Crippen LogP contribution >= 0.6 is 0 Å². The molecule has 78 valence electrons. The normalized spacial score (nSPS) is 15.5. The number of amides is 1. The Balaban J connectivity index is 4.19. The predicted molar refractivity (Wildman–Crippen MR) is 52.3 cm³/mol. The van der Waals surface area contributed by atoms with E-state index in [1.807, 2.05) is 20.8 Å². The topological polar surface area (TPSA) is 64.3 Å². The molecule has 0 aromatic carbocycles. The molecule has 1 amide bonds. The van der Waals surface area contributed by atoms with Crippen LogP contribution < -0.4 is 11.1 Å². The number of carbonyl (C=O) groups excluding carboxylic acids is 1. The van der Waals surface area contributed by atoms with E-state index in [1.165, 1.54) is 7.11 Å². The molecule has 0 radical (unpaired) electrons. The van der Waals surface area contributed by atoms with Gasteiger partial charge >= 0.3 is 0 Å². The quantitative estimate of drug-likeness (QED) is 0.644. The van der Waals surface area contributed by atoms with Crippen LogP contribution in [0, 0.1) is 5.92 Å². The van der Waals surface area contributed by atoms with Gasteiger partial charge in [-0.2, -0.15) is 0 Å². The minimum absolute atomic E-state index is 0.0856. The Kier molecular flexibility index (Phi) is 4.95. The molecule has 0 aromatic heterocycles. The highest BCUT2D eigenvalue weighted by atomic mass is 16.5. The van der Waals surface area contributed by atoms with Gasteiger partial charge in [-0.15, -0.1) is 0 Å². The van der Waals surface area contributed by atoms with Crippen molar-refractivity contribution in [1.82, 2.24) is 5.32 Å². The summed E-state index contributed by atoms with van der Waals surface area (Å²) in [5.74, 6) is 0.183. The molecule has 4 heteroatoms. The number of hydrogen-bond acceptors (Lipinski definition) is 3. The van der Waals surface area contributed by atoms with E-state index in [0.29, 0.717) is 12.5 Å². The SMILES string of the molecule is COCC(=O)NC(C)(CN)C(C)C. The number of hydrogen-bond donors (Lipinski definition) is 2. The molecule has 0 rings (SSSR count). The maximum Gasteiger partial charge on any atom is 0.246 e. The molecule has 0 saturated carbocycles. The summed E-state index contributed by atoms with van der Waals surface area (Å²) < 4.78 is 4.72. The first-order valence-electron chi connectivity index (χ1n) is 4.46. The van der Waals surface area contributed by atoms with E-state index in [1.54, 1.807) is 0 Å². The molecule has 4 nitrogen and oxygen atoms in total. The number of ether oxygens (including phenoxy) is 1. The molecule has 0 heterocycles. The Hall–Kier alpha value is -0.610. The second-order valence-electron chi connectivity index (χ2n) is 3.76. The van der Waals surface area contributed by atoms with Crippen molar-refractivity contribution in [2.45, 2.75) is 26.3 Å². The first kappa shape index (κ1) is 12.4. The summed E-state index contributed by atoms with van der Waals surface area (Å²) in [5, 5.41) is 2.85. The summed E-state index contributed by atoms with van der Waals surface area (Å²) in [5.41, 5.74) is 5.26. The van der Waals surface area contributed by atoms with Crippen molar-refractivity contribution in [1.29, 1.82) is 0 Å². The highest BCUT2D eigenvalue weighted by Gasteiger charge is 2.28. The average molecular weight is 188 g/mol. The van der Waals surface area contributed by atoms with Gasteiger partial charge in [0.05, 0.1) is 5.54 Å². The summed E-state index contributed by atoms with van der Waals surface area (Å²) >= 11 is 0. The molecule has 0 aliphatic rings. The van der Waals surface area contributed by atoms with E-state index in [2.05, 4.69) is 5.32 Å². The lowest BCUT2D eigenvalue weighted by Gasteiger charge is -2.33. The zero-order valence-electron chi connectivity index (χ0n) is 8.89. The smallest absolute Gasteiger partial charge is 0.246 e. The highest BCUT2D eigenvalue weighted by molar-refractivity contribution is 5.78. The lowest BCUT2D eigenvalue weighted by Crippen LogP contribution is -2.55. The van der Waals surface area contributed by atoms with Crippen LogP contribution in [-0.2, 0) is 9.53 Å². The summed E-state index contributed by atoms with van der Waals surface area (Å²) in [6, 6.07) is 0. The number of carbonyl (C=O) groups is 1. The first-order chi connectivity index (χ1) is 5.96. The van der Waals surface area contributed by atoms with Gasteiger partial charge in [0.15, 0.2) is 0 Å². The van der Waals surface area contributed by atoms with E-state index in [0.717, 1.165) is 0 Å². The Morgan fingerprint density at radius 3 is 2.46 bits per heavy atom. The van der Waals surface area contributed by atoms with Gasteiger partial charge in [0.2, 0.25) is 5.91 Å². The molecule has 0 aromatic rings. The van der Waals surface area contributed by atoms with Crippen molar-refractivity contribution in [3.63, 3.8) is 0 Å². The molecular weight excluding hydrogens is 168 g/mol. The minimum atomic E-state index is -0.338. The summed E-state index contributed by atoms with van der Waals surface area (Å²) in [6.45, 7) is 6.51. The van der Waals surface area contributed by atoms with Crippen molar-refractivity contribution in [3.05, 3.63) is 0 Å². The summed E-state index contributed by atoms with van der Waals surface area (Å²) in [7, 11) is 1.49. The third kappa shape index (κ3) is 3.74. The molecule has 1 atom stereocenters. The number of nitrogens with two attached hydrogens (primary N) is 1. The maximum atomic E-state index is 11.2. The number of methoxy groups -OCH3 is 1. The fourth-order valence-electron chi connectivity index (χ4n) is 0.917. The van der Waals surface area contributed by atoms with Crippen LogP contribution in [0.5, 0.6) is 0 Å². The summed E-state index contributed by atoms with van der Waals surface area (Å²) in [6.07, 6.45) is 0. The molecule has 0 fully saturated rings. The molecule has 0 bridgehead atoms. The molecule has 0 aliphatic carbocycles. The van der Waals surface area contributed by atoms with E-state index in [-0.39, 0.29) is 18.1 Å². The molecule has 0 saturated heterocycles. The van der Waals surface area contributed by atoms with Crippen LogP contribution in [0.15, 0.2) is 0 Å². The lowest BCUT2D eigenvalue weighted by atomic mass is 9.88. The Bertz CT molecular complexity index is 171. The fraction of sp³-hybridized carbons (Fsp3) is 0.889. The van der Waals surface area contributed by atoms with Crippen LogP contribution in [0.4, 0.5) is 0 Å². The lowest BCUT2D eigenvalue weighted by molar-refractivity contribution is -0.127. The van der Waals surface area contributed by atoms with E-state index in [4.69, 9.17) is 10.5 Å². The van der Waals surface area contributed by atoms with Gasteiger partial charge in [-0.25, -0.2) is 0 Å². The van der Waals surface area contributed by atoms with Crippen LogP contribution in [0.25, 0.3) is 0 Å². The average Bonchev–Trinajstić information content (AvgIpc) is 2.04. The van der Waals surface area contributed by atoms with E-state index in [9.17, 15) is 4.79 Å². The molecular formula is C9H20N2O2. The van der Waals surface area contributed by atoms with Crippen molar-refractivity contribution in [2.75, 3.05) is 20.3 Å². The van der Waals surface area contributed by atoms with E-state index < -0.39 is 0 Å². The highest BCUT2D eigenvalue weighted by Crippen LogP contribution is 2.14. The van der Waals surface area contributed by atoms with Gasteiger partial charge in [-0.05, 0) is 12.8 Å². The standard InChI is InChI=1S/C9H20N2O2/c1-7(2)9(3,6-10)11-8(12)5-13-4/h7H,5-6,10H2,1-4H3,(H,11,12). The van der Waals surface area contributed by atoms with Gasteiger partial charge in [0.1, 0.15) is 6.61 Å². The van der Waals surface area contributed by atoms with Gasteiger partial charge in [0.25, 0.3) is 0 Å². The molecule has 13 heavy (non-hydrogen) atoms. The first-order valence-corrected chi connectivity index (χ1v) is 4.46. The largest absolute Gasteiger partial charge is 0.375 e. The van der Waals surface area contributed by atoms with E-state index >= 15 is 0 Å². The minimum Gasteiger partial charge on any atom is -0.375 e. The summed E-state index contributed by atoms with van der Waals surface area (Å²) in [4.78, 5) is 11.2. The van der Waals surface area contributed by atoms with Crippen molar-refractivity contribution >= 4 is 5.91 Å². The van der Waals surface area contributed by atoms with Gasteiger partial charge in [-0.3, -0.25) is 4.79 Å². The second-order valence-corrected chi connectivity index (χ2v) is 3.76. The molecule has 0 aliphatic heterocycles. The second kappa shape index (κ2) is 5.19. The number of nitrogens with one attached hydrogen (secondary N) is 1. The van der Waals surface area contributed by atoms with Gasteiger partial charge in [-0.1, -0.05) is 13.8 Å². The molecule has 0 spiro atoms. The zero-order chi connectivity index (χ0) is 10.5. The van der Waals surface area contributed by atoms with Crippen molar-refractivity contribution < 1.29 is 9.53 Å². The van der Waals surface area contributed by atoms with Crippen LogP contribution in [0.2, 0.25) is 0 Å². The Morgan fingerprint density at radius 2 is 2.15 bits per heavy atom. The zero-order valence-corrected chi connectivity index (χ0v) is 8.89. The third-order valence-corrected chi connectivity index (χ3v) is 2.40. The van der Waals surface area contributed by atoms with Gasteiger partial charge in [0, 0.05) is 13.7 Å². The van der Waals surface area contributed by atoms with Crippen LogP contribution in [-0.4, -0.2) is 31.7 Å². The Morgan fingerprint density at radius 1 is 1.62 bits per heavy atom. The van der Waals surface area contributed by atoms with Crippen molar-refractivity contribution in [2.24, 2.45) is 11.7 Å². The van der Waals surface area contributed by atoms with Crippen molar-refractivity contribution in [3.8, 4) is 0 Å². The molecule has 1 unspecified atom stereocenters. The number of rotatable bonds is 5. The Labute approximate surface area is 79.8 Å². The van der Waals surface area contributed by atoms with Gasteiger partial charge < -0.3 is 15.8 Å². The van der Waals surface area contributed by atoms with Crippen LogP contribution in [0.3, 0.4) is 0 Å². The monoisotopic (exact) mass is 188 g/mol. The fourth-order valence-corrected chi connectivity index (χ4v) is 0.917. The predicted octanol–water partition coefficient (Wildman–Crippen LogP) is 0.122. The molecule has 3 N–H and O–H groups in total. The third-order valence-electron chi connectivity index (χ3n) is 2.40. The maximum absolute atomic E-state index is 11.2.